The monoisotopic (exact) mass is 244 g/mol. The van der Waals surface area contributed by atoms with Crippen LogP contribution in [0.15, 0.2) is 23.1 Å². The normalized spacial score (nSPS) is 11.2. The van der Waals surface area contributed by atoms with Gasteiger partial charge < -0.3 is 4.74 Å². The zero-order valence-corrected chi connectivity index (χ0v) is 10.00. The van der Waals surface area contributed by atoms with Crippen molar-refractivity contribution in [2.24, 2.45) is 0 Å². The van der Waals surface area contributed by atoms with Crippen molar-refractivity contribution >= 4 is 16.1 Å². The fourth-order valence-electron chi connectivity index (χ4n) is 1.20. The number of hydrogen-bond acceptors (Lipinski definition) is 5. The summed E-state index contributed by atoms with van der Waals surface area (Å²) < 4.78 is 32.0. The molecule has 0 fully saturated rings. The molecule has 1 rings (SSSR count). The van der Waals surface area contributed by atoms with Crippen molar-refractivity contribution in [3.05, 3.63) is 29.3 Å². The number of methoxy groups -OCH3 is 1. The Labute approximate surface area is 94.1 Å². The Bertz CT molecular complexity index is 504. The van der Waals surface area contributed by atoms with Gasteiger partial charge in [0.15, 0.2) is 0 Å². The van der Waals surface area contributed by atoms with E-state index in [1.54, 1.807) is 13.0 Å². The molecule has 0 spiro atoms. The number of ether oxygens (including phenoxy) is 1. The van der Waals surface area contributed by atoms with Crippen LogP contribution in [0.4, 0.5) is 0 Å². The summed E-state index contributed by atoms with van der Waals surface area (Å²) in [6.45, 7) is 1.72. The minimum Gasteiger partial charge on any atom is -0.465 e. The fraction of sp³-hybridized carbons (Fsp3) is 0.300. The molecule has 1 aromatic carbocycles. The SMILES string of the molecule is COC(=O)c1ccc(C)cc1S(=O)(=O)OC. The Morgan fingerprint density at radius 3 is 2.38 bits per heavy atom. The average Bonchev–Trinajstić information content (AvgIpc) is 2.28. The number of benzene rings is 1. The first kappa shape index (κ1) is 12.7. The van der Waals surface area contributed by atoms with E-state index in [2.05, 4.69) is 8.92 Å². The first-order chi connectivity index (χ1) is 7.42. The molecule has 0 heterocycles. The lowest BCUT2D eigenvalue weighted by atomic mass is 10.1. The lowest BCUT2D eigenvalue weighted by Crippen LogP contribution is -2.12. The third-order valence-electron chi connectivity index (χ3n) is 2.03. The Hall–Kier alpha value is -1.40. The molecule has 0 saturated carbocycles. The van der Waals surface area contributed by atoms with E-state index < -0.39 is 16.1 Å². The molecular weight excluding hydrogens is 232 g/mol. The van der Waals surface area contributed by atoms with Crippen molar-refractivity contribution in [3.8, 4) is 0 Å². The Kier molecular flexibility index (Phi) is 3.66. The van der Waals surface area contributed by atoms with Crippen LogP contribution in [0.1, 0.15) is 15.9 Å². The molecule has 5 nitrogen and oxygen atoms in total. The highest BCUT2D eigenvalue weighted by molar-refractivity contribution is 7.86. The lowest BCUT2D eigenvalue weighted by Gasteiger charge is -2.08. The van der Waals surface area contributed by atoms with Crippen LogP contribution in [0.2, 0.25) is 0 Å². The number of carbonyl (C=O) groups is 1. The van der Waals surface area contributed by atoms with Crippen molar-refractivity contribution in [2.75, 3.05) is 14.2 Å². The zero-order valence-electron chi connectivity index (χ0n) is 9.18. The van der Waals surface area contributed by atoms with Gasteiger partial charge in [0.1, 0.15) is 4.90 Å². The largest absolute Gasteiger partial charge is 0.465 e. The van der Waals surface area contributed by atoms with E-state index in [9.17, 15) is 13.2 Å². The number of esters is 1. The molecule has 0 saturated heterocycles. The van der Waals surface area contributed by atoms with Crippen molar-refractivity contribution < 1.29 is 22.1 Å². The van der Waals surface area contributed by atoms with E-state index in [4.69, 9.17) is 0 Å². The second-order valence-electron chi connectivity index (χ2n) is 3.11. The van der Waals surface area contributed by atoms with Gasteiger partial charge in [0.25, 0.3) is 10.1 Å². The van der Waals surface area contributed by atoms with Crippen molar-refractivity contribution in [1.29, 1.82) is 0 Å². The van der Waals surface area contributed by atoms with E-state index >= 15 is 0 Å². The van der Waals surface area contributed by atoms with Gasteiger partial charge in [-0.2, -0.15) is 8.42 Å². The van der Waals surface area contributed by atoms with Crippen LogP contribution in [0.5, 0.6) is 0 Å². The Balaban J connectivity index is 3.47. The summed E-state index contributed by atoms with van der Waals surface area (Å²) in [5.74, 6) is -0.712. The highest BCUT2D eigenvalue weighted by Crippen LogP contribution is 2.20. The van der Waals surface area contributed by atoms with Gasteiger partial charge in [-0.1, -0.05) is 6.07 Å². The van der Waals surface area contributed by atoms with E-state index in [0.717, 1.165) is 7.11 Å². The highest BCUT2D eigenvalue weighted by atomic mass is 32.2. The summed E-state index contributed by atoms with van der Waals surface area (Å²) in [6, 6.07) is 4.39. The molecule has 6 heteroatoms. The van der Waals surface area contributed by atoms with E-state index in [0.29, 0.717) is 5.56 Å². The fourth-order valence-corrected chi connectivity index (χ4v) is 2.14. The molecule has 0 N–H and O–H groups in total. The summed E-state index contributed by atoms with van der Waals surface area (Å²) in [6.07, 6.45) is 0. The van der Waals surface area contributed by atoms with Gasteiger partial charge in [-0.05, 0) is 24.6 Å². The van der Waals surface area contributed by atoms with Gasteiger partial charge in [-0.15, -0.1) is 0 Å². The summed E-state index contributed by atoms with van der Waals surface area (Å²) in [7, 11) is -1.68. The second kappa shape index (κ2) is 4.63. The van der Waals surface area contributed by atoms with Gasteiger partial charge in [-0.25, -0.2) is 4.79 Å². The molecule has 88 valence electrons. The minimum absolute atomic E-state index is 0.0325. The van der Waals surface area contributed by atoms with Gasteiger partial charge in [0.2, 0.25) is 0 Å². The van der Waals surface area contributed by atoms with Crippen molar-refractivity contribution in [3.63, 3.8) is 0 Å². The van der Waals surface area contributed by atoms with Gasteiger partial charge in [0, 0.05) is 0 Å². The maximum atomic E-state index is 11.6. The maximum Gasteiger partial charge on any atom is 0.339 e. The molecule has 0 bridgehead atoms. The third-order valence-corrected chi connectivity index (χ3v) is 3.35. The maximum absolute atomic E-state index is 11.6. The topological polar surface area (TPSA) is 69.7 Å². The van der Waals surface area contributed by atoms with Crippen LogP contribution in [0.3, 0.4) is 0 Å². The van der Waals surface area contributed by atoms with Crippen molar-refractivity contribution in [2.45, 2.75) is 11.8 Å². The minimum atomic E-state index is -3.91. The quantitative estimate of drug-likeness (QED) is 0.588. The first-order valence-electron chi connectivity index (χ1n) is 4.42. The van der Waals surface area contributed by atoms with E-state index in [1.807, 2.05) is 0 Å². The average molecular weight is 244 g/mol. The molecule has 0 atom stereocenters. The molecule has 0 radical (unpaired) electrons. The number of carbonyl (C=O) groups excluding carboxylic acids is 1. The molecule has 0 aliphatic carbocycles. The molecular formula is C10H12O5S. The van der Waals surface area contributed by atoms with Crippen LogP contribution in [0.25, 0.3) is 0 Å². The van der Waals surface area contributed by atoms with Gasteiger partial charge in [0.05, 0.1) is 19.8 Å². The smallest absolute Gasteiger partial charge is 0.339 e. The zero-order chi connectivity index (χ0) is 12.3. The summed E-state index contributed by atoms with van der Waals surface area (Å²) >= 11 is 0. The van der Waals surface area contributed by atoms with E-state index in [1.165, 1.54) is 19.2 Å². The first-order valence-corrected chi connectivity index (χ1v) is 5.83. The van der Waals surface area contributed by atoms with E-state index in [-0.39, 0.29) is 10.5 Å². The number of hydrogen-bond donors (Lipinski definition) is 0. The molecule has 1 aromatic rings. The third kappa shape index (κ3) is 2.40. The molecule has 0 unspecified atom stereocenters. The summed E-state index contributed by atoms with van der Waals surface area (Å²) in [5, 5.41) is 0. The van der Waals surface area contributed by atoms with Crippen LogP contribution in [-0.4, -0.2) is 28.6 Å². The Morgan fingerprint density at radius 1 is 1.25 bits per heavy atom. The van der Waals surface area contributed by atoms with Crippen LogP contribution < -0.4 is 0 Å². The van der Waals surface area contributed by atoms with Crippen LogP contribution in [-0.2, 0) is 19.0 Å². The molecule has 0 aliphatic heterocycles. The predicted molar refractivity (Wildman–Crippen MR) is 56.7 cm³/mol. The molecule has 0 aliphatic rings. The van der Waals surface area contributed by atoms with Crippen LogP contribution >= 0.6 is 0 Å². The number of aryl methyl sites for hydroxylation is 1. The summed E-state index contributed by atoms with van der Waals surface area (Å²) in [5.41, 5.74) is 0.679. The second-order valence-corrected chi connectivity index (χ2v) is 4.79. The van der Waals surface area contributed by atoms with Gasteiger partial charge >= 0.3 is 5.97 Å². The standard InChI is InChI=1S/C10H12O5S/c1-7-4-5-8(10(11)14-2)9(6-7)16(12,13)15-3/h4-6H,1-3H3. The Morgan fingerprint density at radius 2 is 1.88 bits per heavy atom. The van der Waals surface area contributed by atoms with Crippen molar-refractivity contribution in [1.82, 2.24) is 0 Å². The molecule has 0 aromatic heterocycles. The summed E-state index contributed by atoms with van der Waals surface area (Å²) in [4.78, 5) is 11.2. The van der Waals surface area contributed by atoms with Crippen LogP contribution in [0, 0.1) is 6.92 Å². The lowest BCUT2D eigenvalue weighted by molar-refractivity contribution is 0.0596. The molecule has 0 amide bonds. The highest BCUT2D eigenvalue weighted by Gasteiger charge is 2.22. The van der Waals surface area contributed by atoms with Gasteiger partial charge in [-0.3, -0.25) is 4.18 Å². The molecule has 16 heavy (non-hydrogen) atoms. The predicted octanol–water partition coefficient (Wildman–Crippen LogP) is 1.12. The number of rotatable bonds is 3.